The van der Waals surface area contributed by atoms with Gasteiger partial charge in [-0.2, -0.15) is 5.10 Å². The van der Waals surface area contributed by atoms with Crippen molar-refractivity contribution in [3.8, 4) is 0 Å². The van der Waals surface area contributed by atoms with Crippen LogP contribution in [0.25, 0.3) is 0 Å². The van der Waals surface area contributed by atoms with Gasteiger partial charge in [0.1, 0.15) is 5.82 Å². The molecule has 100 valence electrons. The van der Waals surface area contributed by atoms with E-state index in [0.29, 0.717) is 24.6 Å². The van der Waals surface area contributed by atoms with Gasteiger partial charge in [-0.3, -0.25) is 9.48 Å². The number of carbonyl (C=O) groups excluding carboxylic acids is 1. The largest absolute Gasteiger partial charge is 0.363 e. The molecule has 2 N–H and O–H groups in total. The number of amides is 1. The van der Waals surface area contributed by atoms with Crippen LogP contribution in [-0.4, -0.2) is 32.4 Å². The molecule has 2 aromatic heterocycles. The number of rotatable bonds is 5. The van der Waals surface area contributed by atoms with Gasteiger partial charge in [-0.25, -0.2) is 0 Å². The van der Waals surface area contributed by atoms with Gasteiger partial charge in [0.25, 0.3) is 5.91 Å². The van der Waals surface area contributed by atoms with E-state index in [-0.39, 0.29) is 5.91 Å². The number of hydrogen-bond donors (Lipinski definition) is 2. The van der Waals surface area contributed by atoms with Crippen molar-refractivity contribution >= 4 is 11.7 Å². The van der Waals surface area contributed by atoms with Gasteiger partial charge in [0.05, 0.1) is 12.2 Å². The number of nitrogens with one attached hydrogen (secondary N) is 2. The molecule has 0 aromatic carbocycles. The van der Waals surface area contributed by atoms with Gasteiger partial charge in [-0.15, -0.1) is 10.2 Å². The van der Waals surface area contributed by atoms with Gasteiger partial charge >= 0.3 is 0 Å². The SMILES string of the molecule is CCNC(=O)c1ccc(NCc2ccnn2C)nn1. The van der Waals surface area contributed by atoms with Crippen molar-refractivity contribution in [1.29, 1.82) is 0 Å². The van der Waals surface area contributed by atoms with Crippen molar-refractivity contribution in [3.05, 3.63) is 35.8 Å². The molecule has 7 nitrogen and oxygen atoms in total. The van der Waals surface area contributed by atoms with Crippen molar-refractivity contribution in [2.24, 2.45) is 7.05 Å². The topological polar surface area (TPSA) is 84.7 Å². The molecule has 0 aliphatic carbocycles. The summed E-state index contributed by atoms with van der Waals surface area (Å²) in [7, 11) is 1.88. The molecular formula is C12H16N6O. The lowest BCUT2D eigenvalue weighted by molar-refractivity contribution is 0.0950. The number of aryl methyl sites for hydroxylation is 1. The second-order valence-corrected chi connectivity index (χ2v) is 3.96. The van der Waals surface area contributed by atoms with Gasteiger partial charge in [-0.1, -0.05) is 0 Å². The molecule has 0 aliphatic heterocycles. The third-order valence-corrected chi connectivity index (χ3v) is 2.61. The summed E-state index contributed by atoms with van der Waals surface area (Å²) in [6.07, 6.45) is 1.74. The quantitative estimate of drug-likeness (QED) is 0.821. The molecule has 19 heavy (non-hydrogen) atoms. The minimum absolute atomic E-state index is 0.215. The molecule has 2 rings (SSSR count). The standard InChI is InChI=1S/C12H16N6O/c1-3-13-12(19)10-4-5-11(17-16-10)14-8-9-6-7-15-18(9)2/h4-7H,3,8H2,1-2H3,(H,13,19)(H,14,17). The lowest BCUT2D eigenvalue weighted by Crippen LogP contribution is -2.24. The zero-order chi connectivity index (χ0) is 13.7. The predicted octanol–water partition coefficient (Wildman–Crippen LogP) is 0.572. The Morgan fingerprint density at radius 2 is 2.16 bits per heavy atom. The van der Waals surface area contributed by atoms with Crippen LogP contribution >= 0.6 is 0 Å². The van der Waals surface area contributed by atoms with Gasteiger partial charge < -0.3 is 10.6 Å². The van der Waals surface area contributed by atoms with E-state index in [1.54, 1.807) is 23.0 Å². The fraction of sp³-hybridized carbons (Fsp3) is 0.333. The molecule has 0 bridgehead atoms. The fourth-order valence-corrected chi connectivity index (χ4v) is 1.55. The van der Waals surface area contributed by atoms with E-state index in [1.807, 2.05) is 20.0 Å². The van der Waals surface area contributed by atoms with E-state index < -0.39 is 0 Å². The second kappa shape index (κ2) is 5.94. The Morgan fingerprint density at radius 3 is 2.74 bits per heavy atom. The highest BCUT2D eigenvalue weighted by Crippen LogP contribution is 2.05. The zero-order valence-electron chi connectivity index (χ0n) is 10.9. The summed E-state index contributed by atoms with van der Waals surface area (Å²) in [4.78, 5) is 11.5. The number of carbonyl (C=O) groups is 1. The number of anilines is 1. The van der Waals surface area contributed by atoms with E-state index in [2.05, 4.69) is 25.9 Å². The van der Waals surface area contributed by atoms with E-state index in [1.165, 1.54) is 0 Å². The summed E-state index contributed by atoms with van der Waals surface area (Å²) in [5.74, 6) is 0.405. The van der Waals surface area contributed by atoms with E-state index in [9.17, 15) is 4.79 Å². The summed E-state index contributed by atoms with van der Waals surface area (Å²) >= 11 is 0. The average molecular weight is 260 g/mol. The van der Waals surface area contributed by atoms with Crippen LogP contribution in [-0.2, 0) is 13.6 Å². The normalized spacial score (nSPS) is 10.2. The molecule has 2 heterocycles. The molecule has 0 atom stereocenters. The molecule has 0 unspecified atom stereocenters. The Hall–Kier alpha value is -2.44. The molecular weight excluding hydrogens is 244 g/mol. The van der Waals surface area contributed by atoms with Crippen molar-refractivity contribution in [1.82, 2.24) is 25.3 Å². The van der Waals surface area contributed by atoms with Crippen LogP contribution in [0.1, 0.15) is 23.1 Å². The van der Waals surface area contributed by atoms with Crippen LogP contribution in [0.3, 0.4) is 0 Å². The Labute approximate surface area is 111 Å². The van der Waals surface area contributed by atoms with Crippen molar-refractivity contribution in [2.45, 2.75) is 13.5 Å². The minimum atomic E-state index is -0.215. The van der Waals surface area contributed by atoms with Gasteiger partial charge in [0.2, 0.25) is 0 Å². The smallest absolute Gasteiger partial charge is 0.271 e. The maximum atomic E-state index is 11.5. The molecule has 0 aliphatic rings. The summed E-state index contributed by atoms with van der Waals surface area (Å²) in [6.45, 7) is 3.03. The van der Waals surface area contributed by atoms with Crippen LogP contribution < -0.4 is 10.6 Å². The maximum absolute atomic E-state index is 11.5. The molecule has 0 radical (unpaired) electrons. The van der Waals surface area contributed by atoms with E-state index in [4.69, 9.17) is 0 Å². The first-order valence-corrected chi connectivity index (χ1v) is 6.03. The van der Waals surface area contributed by atoms with Gasteiger partial charge in [-0.05, 0) is 25.1 Å². The van der Waals surface area contributed by atoms with Gasteiger partial charge in [0.15, 0.2) is 5.69 Å². The Kier molecular flexibility index (Phi) is 4.07. The molecule has 7 heteroatoms. The molecule has 0 saturated carbocycles. The van der Waals surface area contributed by atoms with Crippen molar-refractivity contribution < 1.29 is 4.79 Å². The first-order valence-electron chi connectivity index (χ1n) is 6.03. The average Bonchev–Trinajstić information content (AvgIpc) is 2.83. The summed E-state index contributed by atoms with van der Waals surface area (Å²) in [5, 5.41) is 17.7. The minimum Gasteiger partial charge on any atom is -0.363 e. The molecule has 1 amide bonds. The Balaban J connectivity index is 1.95. The second-order valence-electron chi connectivity index (χ2n) is 3.96. The van der Waals surface area contributed by atoms with Crippen LogP contribution in [0.2, 0.25) is 0 Å². The highest BCUT2D eigenvalue weighted by molar-refractivity contribution is 5.92. The molecule has 0 spiro atoms. The number of aromatic nitrogens is 4. The predicted molar refractivity (Wildman–Crippen MR) is 70.6 cm³/mol. The third-order valence-electron chi connectivity index (χ3n) is 2.61. The fourth-order valence-electron chi connectivity index (χ4n) is 1.55. The monoisotopic (exact) mass is 260 g/mol. The Morgan fingerprint density at radius 1 is 1.32 bits per heavy atom. The van der Waals surface area contributed by atoms with Crippen LogP contribution in [0, 0.1) is 0 Å². The molecule has 0 saturated heterocycles. The first kappa shape index (κ1) is 13.0. The van der Waals surface area contributed by atoms with Gasteiger partial charge in [0, 0.05) is 19.8 Å². The molecule has 0 fully saturated rings. The number of nitrogens with zero attached hydrogens (tertiary/aromatic N) is 4. The van der Waals surface area contributed by atoms with Crippen LogP contribution in [0.4, 0.5) is 5.82 Å². The summed E-state index contributed by atoms with van der Waals surface area (Å²) in [6, 6.07) is 5.29. The van der Waals surface area contributed by atoms with Crippen LogP contribution in [0.5, 0.6) is 0 Å². The lowest BCUT2D eigenvalue weighted by atomic mass is 10.3. The highest BCUT2D eigenvalue weighted by Gasteiger charge is 2.06. The highest BCUT2D eigenvalue weighted by atomic mass is 16.1. The van der Waals surface area contributed by atoms with E-state index >= 15 is 0 Å². The summed E-state index contributed by atoms with van der Waals surface area (Å²) in [5.41, 5.74) is 1.35. The van der Waals surface area contributed by atoms with E-state index in [0.717, 1.165) is 5.69 Å². The third kappa shape index (κ3) is 3.27. The first-order chi connectivity index (χ1) is 9.20. The maximum Gasteiger partial charge on any atom is 0.271 e. The van der Waals surface area contributed by atoms with Crippen molar-refractivity contribution in [2.75, 3.05) is 11.9 Å². The van der Waals surface area contributed by atoms with Crippen molar-refractivity contribution in [3.63, 3.8) is 0 Å². The summed E-state index contributed by atoms with van der Waals surface area (Å²) < 4.78 is 1.78. The molecule has 2 aromatic rings. The van der Waals surface area contributed by atoms with Crippen LogP contribution in [0.15, 0.2) is 24.4 Å². The Bertz CT molecular complexity index is 548. The lowest BCUT2D eigenvalue weighted by Gasteiger charge is -2.06. The number of hydrogen-bond acceptors (Lipinski definition) is 5. The zero-order valence-corrected chi connectivity index (χ0v) is 10.9.